The second kappa shape index (κ2) is 4.76. The number of nitrogens with two attached hydrogens (primary N) is 1. The van der Waals surface area contributed by atoms with Gasteiger partial charge < -0.3 is 10.3 Å². The lowest BCUT2D eigenvalue weighted by Crippen LogP contribution is -2.40. The minimum absolute atomic E-state index is 0.273. The quantitative estimate of drug-likeness (QED) is 0.699. The van der Waals surface area contributed by atoms with Gasteiger partial charge in [-0.1, -0.05) is 6.92 Å². The van der Waals surface area contributed by atoms with Crippen LogP contribution in [0.5, 0.6) is 0 Å². The van der Waals surface area contributed by atoms with E-state index in [1.165, 1.54) is 16.8 Å². The van der Waals surface area contributed by atoms with Crippen LogP contribution in [0.2, 0.25) is 0 Å². The van der Waals surface area contributed by atoms with E-state index in [9.17, 15) is 9.59 Å². The standard InChI is InChI=1S/C9H15N3O2/c1-2-5-11-6-3-8(13)12(7-4-10)9(11)14/h3,6H,2,4-5,7,10H2,1H3. The van der Waals surface area contributed by atoms with Gasteiger partial charge in [0.1, 0.15) is 0 Å². The summed E-state index contributed by atoms with van der Waals surface area (Å²) in [4.78, 5) is 22.9. The Morgan fingerprint density at radius 3 is 2.64 bits per heavy atom. The number of hydrogen-bond donors (Lipinski definition) is 1. The summed E-state index contributed by atoms with van der Waals surface area (Å²) in [5.41, 5.74) is 4.76. The first-order valence-corrected chi connectivity index (χ1v) is 4.71. The molecule has 0 radical (unpaired) electrons. The summed E-state index contributed by atoms with van der Waals surface area (Å²) in [5.74, 6) is 0. The van der Waals surface area contributed by atoms with E-state index in [1.54, 1.807) is 0 Å². The van der Waals surface area contributed by atoms with E-state index >= 15 is 0 Å². The third-order valence-corrected chi connectivity index (χ3v) is 1.96. The highest BCUT2D eigenvalue weighted by atomic mass is 16.2. The average Bonchev–Trinajstić information content (AvgIpc) is 2.17. The van der Waals surface area contributed by atoms with Crippen molar-refractivity contribution in [3.05, 3.63) is 33.1 Å². The number of nitrogens with zero attached hydrogens (tertiary/aromatic N) is 2. The van der Waals surface area contributed by atoms with Crippen LogP contribution in [0.3, 0.4) is 0 Å². The molecule has 5 heteroatoms. The first kappa shape index (κ1) is 10.7. The Hall–Kier alpha value is -1.36. The van der Waals surface area contributed by atoms with Crippen LogP contribution >= 0.6 is 0 Å². The first-order chi connectivity index (χ1) is 6.70. The molecule has 0 aliphatic rings. The molecule has 5 nitrogen and oxygen atoms in total. The zero-order valence-electron chi connectivity index (χ0n) is 8.27. The van der Waals surface area contributed by atoms with Crippen molar-refractivity contribution >= 4 is 0 Å². The molecule has 0 saturated carbocycles. The average molecular weight is 197 g/mol. The van der Waals surface area contributed by atoms with E-state index in [1.807, 2.05) is 6.92 Å². The van der Waals surface area contributed by atoms with Crippen LogP contribution in [0.25, 0.3) is 0 Å². The van der Waals surface area contributed by atoms with E-state index in [-0.39, 0.29) is 17.8 Å². The zero-order valence-corrected chi connectivity index (χ0v) is 8.27. The van der Waals surface area contributed by atoms with E-state index in [0.717, 1.165) is 11.0 Å². The molecular weight excluding hydrogens is 182 g/mol. The topological polar surface area (TPSA) is 70.0 Å². The van der Waals surface area contributed by atoms with Gasteiger partial charge in [-0.15, -0.1) is 0 Å². The van der Waals surface area contributed by atoms with Crippen LogP contribution in [0.1, 0.15) is 13.3 Å². The van der Waals surface area contributed by atoms with Gasteiger partial charge >= 0.3 is 5.69 Å². The van der Waals surface area contributed by atoms with Crippen LogP contribution in [0.4, 0.5) is 0 Å². The van der Waals surface area contributed by atoms with Crippen molar-refractivity contribution in [1.82, 2.24) is 9.13 Å². The molecule has 0 saturated heterocycles. The maximum atomic E-state index is 11.6. The molecule has 1 aromatic heterocycles. The summed E-state index contributed by atoms with van der Waals surface area (Å²) in [6.45, 7) is 3.18. The number of aromatic nitrogens is 2. The summed E-state index contributed by atoms with van der Waals surface area (Å²) >= 11 is 0. The van der Waals surface area contributed by atoms with Gasteiger partial charge in [-0.25, -0.2) is 4.79 Å². The molecule has 1 rings (SSSR count). The molecule has 0 aliphatic carbocycles. The predicted octanol–water partition coefficient (Wildman–Crippen LogP) is -0.621. The molecule has 0 fully saturated rings. The molecule has 1 aromatic rings. The second-order valence-electron chi connectivity index (χ2n) is 3.07. The lowest BCUT2D eigenvalue weighted by molar-refractivity contribution is 0.550. The summed E-state index contributed by atoms with van der Waals surface area (Å²) < 4.78 is 2.69. The van der Waals surface area contributed by atoms with Gasteiger partial charge in [0.2, 0.25) is 0 Å². The number of hydrogen-bond acceptors (Lipinski definition) is 3. The van der Waals surface area contributed by atoms with Gasteiger partial charge in [0.15, 0.2) is 0 Å². The predicted molar refractivity (Wildman–Crippen MR) is 54.3 cm³/mol. The fraction of sp³-hybridized carbons (Fsp3) is 0.556. The lowest BCUT2D eigenvalue weighted by Gasteiger charge is -2.07. The summed E-state index contributed by atoms with van der Waals surface area (Å²) in [6.07, 6.45) is 2.39. The van der Waals surface area contributed by atoms with Gasteiger partial charge in [-0.3, -0.25) is 9.36 Å². The van der Waals surface area contributed by atoms with Crippen LogP contribution in [0.15, 0.2) is 21.9 Å². The monoisotopic (exact) mass is 197 g/mol. The van der Waals surface area contributed by atoms with Gasteiger partial charge in [0.25, 0.3) is 5.56 Å². The molecule has 0 atom stereocenters. The van der Waals surface area contributed by atoms with E-state index < -0.39 is 0 Å². The molecule has 78 valence electrons. The van der Waals surface area contributed by atoms with Crippen molar-refractivity contribution < 1.29 is 0 Å². The van der Waals surface area contributed by atoms with Gasteiger partial charge in [-0.2, -0.15) is 0 Å². The molecule has 0 bridgehead atoms. The number of aryl methyl sites for hydroxylation is 1. The molecule has 14 heavy (non-hydrogen) atoms. The molecule has 0 spiro atoms. The van der Waals surface area contributed by atoms with Crippen molar-refractivity contribution in [2.45, 2.75) is 26.4 Å². The maximum absolute atomic E-state index is 11.6. The van der Waals surface area contributed by atoms with Crippen molar-refractivity contribution in [2.75, 3.05) is 6.54 Å². The van der Waals surface area contributed by atoms with E-state index in [0.29, 0.717) is 13.1 Å². The molecule has 0 aliphatic heterocycles. The van der Waals surface area contributed by atoms with Crippen LogP contribution in [-0.4, -0.2) is 15.7 Å². The van der Waals surface area contributed by atoms with Crippen LogP contribution < -0.4 is 17.0 Å². The Kier molecular flexibility index (Phi) is 3.64. The fourth-order valence-corrected chi connectivity index (χ4v) is 1.30. The summed E-state index contributed by atoms with van der Waals surface area (Å²) in [5, 5.41) is 0. The maximum Gasteiger partial charge on any atom is 0.330 e. The van der Waals surface area contributed by atoms with Gasteiger partial charge in [0, 0.05) is 31.9 Å². The summed E-state index contributed by atoms with van der Waals surface area (Å²) in [7, 11) is 0. The fourth-order valence-electron chi connectivity index (χ4n) is 1.30. The van der Waals surface area contributed by atoms with Crippen molar-refractivity contribution in [3.8, 4) is 0 Å². The minimum Gasteiger partial charge on any atom is -0.329 e. The highest BCUT2D eigenvalue weighted by molar-refractivity contribution is 4.86. The Morgan fingerprint density at radius 2 is 2.07 bits per heavy atom. The lowest BCUT2D eigenvalue weighted by atomic mass is 10.4. The van der Waals surface area contributed by atoms with E-state index in [2.05, 4.69) is 0 Å². The third-order valence-electron chi connectivity index (χ3n) is 1.96. The van der Waals surface area contributed by atoms with Gasteiger partial charge in [0.05, 0.1) is 0 Å². The Morgan fingerprint density at radius 1 is 1.36 bits per heavy atom. The minimum atomic E-state index is -0.284. The second-order valence-corrected chi connectivity index (χ2v) is 3.07. The first-order valence-electron chi connectivity index (χ1n) is 4.71. The zero-order chi connectivity index (χ0) is 10.6. The third kappa shape index (κ3) is 2.11. The number of rotatable bonds is 4. The van der Waals surface area contributed by atoms with Gasteiger partial charge in [-0.05, 0) is 6.42 Å². The smallest absolute Gasteiger partial charge is 0.329 e. The Bertz CT molecular complexity index is 405. The molecule has 0 unspecified atom stereocenters. The molecule has 0 amide bonds. The van der Waals surface area contributed by atoms with Crippen LogP contribution in [-0.2, 0) is 13.1 Å². The normalized spacial score (nSPS) is 10.4. The Labute approximate surface area is 81.8 Å². The van der Waals surface area contributed by atoms with Crippen LogP contribution in [0, 0.1) is 0 Å². The highest BCUT2D eigenvalue weighted by Gasteiger charge is 2.02. The van der Waals surface area contributed by atoms with Crippen molar-refractivity contribution in [3.63, 3.8) is 0 Å². The molecule has 2 N–H and O–H groups in total. The van der Waals surface area contributed by atoms with Crippen molar-refractivity contribution in [1.29, 1.82) is 0 Å². The summed E-state index contributed by atoms with van der Waals surface area (Å²) in [6, 6.07) is 1.40. The van der Waals surface area contributed by atoms with E-state index in [4.69, 9.17) is 5.73 Å². The SMILES string of the molecule is CCCn1ccc(=O)n(CCN)c1=O. The molecular formula is C9H15N3O2. The van der Waals surface area contributed by atoms with Crippen molar-refractivity contribution in [2.24, 2.45) is 5.73 Å². The largest absolute Gasteiger partial charge is 0.330 e. The Balaban J connectivity index is 3.19. The molecule has 0 aromatic carbocycles. The highest BCUT2D eigenvalue weighted by Crippen LogP contribution is 1.83. The molecule has 1 heterocycles.